The van der Waals surface area contributed by atoms with E-state index in [1.165, 1.54) is 16.5 Å². The Morgan fingerprint density at radius 1 is 0.810 bits per heavy atom. The van der Waals surface area contributed by atoms with Crippen molar-refractivity contribution in [2.45, 2.75) is 26.4 Å². The summed E-state index contributed by atoms with van der Waals surface area (Å²) in [5.41, 5.74) is 4.64. The van der Waals surface area contributed by atoms with Gasteiger partial charge in [-0.1, -0.05) is 60.7 Å². The van der Waals surface area contributed by atoms with E-state index in [1.807, 2.05) is 24.3 Å². The molecule has 0 bridgehead atoms. The van der Waals surface area contributed by atoms with Gasteiger partial charge in [-0.3, -0.25) is 0 Å². The average Bonchev–Trinajstić information content (AvgIpc) is 2.49. The van der Waals surface area contributed by atoms with Crippen LogP contribution in [0.25, 0.3) is 10.8 Å². The summed E-state index contributed by atoms with van der Waals surface area (Å²) in [5.74, 6) is 0. The van der Waals surface area contributed by atoms with Crippen molar-refractivity contribution >= 4 is 10.8 Å². The summed E-state index contributed by atoms with van der Waals surface area (Å²) in [6.07, 6.45) is 0.179. The lowest BCUT2D eigenvalue weighted by molar-refractivity contribution is 0.179. The zero-order valence-electron chi connectivity index (χ0n) is 12.5. The third kappa shape index (κ3) is 2.70. The van der Waals surface area contributed by atoms with Crippen LogP contribution in [0.3, 0.4) is 0 Å². The van der Waals surface area contributed by atoms with Gasteiger partial charge in [-0.05, 0) is 46.9 Å². The molecule has 1 N–H and O–H groups in total. The molecule has 0 amide bonds. The van der Waals surface area contributed by atoms with Crippen LogP contribution in [0.1, 0.15) is 28.4 Å². The Morgan fingerprint density at radius 3 is 2.33 bits per heavy atom. The number of aliphatic hydroxyl groups excluding tert-OH is 1. The number of fused-ring (bicyclic) bond motifs is 1. The smallest absolute Gasteiger partial charge is 0.0839 e. The fourth-order valence-electron chi connectivity index (χ4n) is 3.00. The van der Waals surface area contributed by atoms with Gasteiger partial charge in [-0.15, -0.1) is 0 Å². The first-order chi connectivity index (χ1) is 10.2. The minimum absolute atomic E-state index is 0.475. The number of hydrogen-bond donors (Lipinski definition) is 1. The molecule has 0 heterocycles. The highest BCUT2D eigenvalue weighted by atomic mass is 16.3. The number of rotatable bonds is 3. The van der Waals surface area contributed by atoms with E-state index in [1.54, 1.807) is 0 Å². The highest BCUT2D eigenvalue weighted by Crippen LogP contribution is 2.30. The quantitative estimate of drug-likeness (QED) is 0.733. The van der Waals surface area contributed by atoms with Crippen molar-refractivity contribution < 1.29 is 5.11 Å². The molecule has 3 rings (SSSR count). The second-order valence-corrected chi connectivity index (χ2v) is 5.66. The molecule has 0 aliphatic heterocycles. The van der Waals surface area contributed by atoms with Crippen LogP contribution in [-0.4, -0.2) is 5.11 Å². The molecular weight excluding hydrogens is 256 g/mol. The highest BCUT2D eigenvalue weighted by Gasteiger charge is 2.15. The van der Waals surface area contributed by atoms with Gasteiger partial charge in [0.25, 0.3) is 0 Å². The van der Waals surface area contributed by atoms with E-state index in [4.69, 9.17) is 0 Å². The fourth-order valence-corrected chi connectivity index (χ4v) is 3.00. The molecule has 0 aliphatic rings. The highest BCUT2D eigenvalue weighted by molar-refractivity contribution is 5.87. The topological polar surface area (TPSA) is 20.2 Å². The van der Waals surface area contributed by atoms with E-state index in [0.29, 0.717) is 6.42 Å². The van der Waals surface area contributed by atoms with E-state index in [0.717, 1.165) is 16.5 Å². The second kappa shape index (κ2) is 5.71. The van der Waals surface area contributed by atoms with Gasteiger partial charge in [-0.2, -0.15) is 0 Å². The Bertz CT molecular complexity index is 774. The maximum Gasteiger partial charge on any atom is 0.0839 e. The molecule has 106 valence electrons. The van der Waals surface area contributed by atoms with Gasteiger partial charge in [-0.25, -0.2) is 0 Å². The molecule has 1 unspecified atom stereocenters. The Morgan fingerprint density at radius 2 is 1.52 bits per heavy atom. The first kappa shape index (κ1) is 13.8. The van der Waals surface area contributed by atoms with Gasteiger partial charge in [0.15, 0.2) is 0 Å². The Kier molecular flexibility index (Phi) is 3.76. The predicted octanol–water partition coefficient (Wildman–Crippen LogP) is 4.73. The van der Waals surface area contributed by atoms with Crippen molar-refractivity contribution in [1.82, 2.24) is 0 Å². The number of benzene rings is 3. The van der Waals surface area contributed by atoms with Crippen LogP contribution in [0.4, 0.5) is 0 Å². The Labute approximate surface area is 125 Å². The molecular formula is C20H20O. The maximum atomic E-state index is 10.8. The summed E-state index contributed by atoms with van der Waals surface area (Å²) in [6, 6.07) is 20.7. The summed E-state index contributed by atoms with van der Waals surface area (Å²) in [6.45, 7) is 4.17. The molecule has 1 heteroatoms. The molecule has 3 aromatic carbocycles. The third-order valence-corrected chi connectivity index (χ3v) is 4.20. The molecule has 0 radical (unpaired) electrons. The molecule has 0 saturated heterocycles. The van der Waals surface area contributed by atoms with Crippen molar-refractivity contribution in [3.63, 3.8) is 0 Å². The molecule has 1 atom stereocenters. The van der Waals surface area contributed by atoms with Crippen molar-refractivity contribution in [3.8, 4) is 0 Å². The predicted molar refractivity (Wildman–Crippen MR) is 88.5 cm³/mol. The third-order valence-electron chi connectivity index (χ3n) is 4.20. The first-order valence-corrected chi connectivity index (χ1v) is 7.37. The van der Waals surface area contributed by atoms with Crippen LogP contribution >= 0.6 is 0 Å². The van der Waals surface area contributed by atoms with Crippen LogP contribution < -0.4 is 0 Å². The van der Waals surface area contributed by atoms with E-state index in [2.05, 4.69) is 50.2 Å². The number of aliphatic hydroxyl groups is 1. The summed E-state index contributed by atoms with van der Waals surface area (Å²) >= 11 is 0. The average molecular weight is 276 g/mol. The largest absolute Gasteiger partial charge is 0.388 e. The van der Waals surface area contributed by atoms with Gasteiger partial charge in [0.2, 0.25) is 0 Å². The molecule has 21 heavy (non-hydrogen) atoms. The van der Waals surface area contributed by atoms with Crippen molar-refractivity contribution in [2.75, 3.05) is 0 Å². The number of aryl methyl sites for hydroxylation is 2. The summed E-state index contributed by atoms with van der Waals surface area (Å²) in [7, 11) is 0. The van der Waals surface area contributed by atoms with Gasteiger partial charge in [0.05, 0.1) is 6.10 Å². The Hall–Kier alpha value is -2.12. The zero-order valence-corrected chi connectivity index (χ0v) is 12.5. The SMILES string of the molecule is Cc1ccccc1CC(O)c1c(C)ccc2ccccc12. The molecule has 1 nitrogen and oxygen atoms in total. The van der Waals surface area contributed by atoms with Crippen LogP contribution in [-0.2, 0) is 6.42 Å². The van der Waals surface area contributed by atoms with Crippen LogP contribution in [0, 0.1) is 13.8 Å². The Balaban J connectivity index is 2.04. The van der Waals surface area contributed by atoms with Crippen molar-refractivity contribution in [2.24, 2.45) is 0 Å². The molecule has 0 saturated carbocycles. The first-order valence-electron chi connectivity index (χ1n) is 7.37. The van der Waals surface area contributed by atoms with E-state index in [-0.39, 0.29) is 0 Å². The van der Waals surface area contributed by atoms with Gasteiger partial charge in [0, 0.05) is 6.42 Å². The van der Waals surface area contributed by atoms with E-state index in [9.17, 15) is 5.11 Å². The summed E-state index contributed by atoms with van der Waals surface area (Å²) in [5, 5.41) is 13.1. The zero-order chi connectivity index (χ0) is 14.8. The fraction of sp³-hybridized carbons (Fsp3) is 0.200. The van der Waals surface area contributed by atoms with Gasteiger partial charge >= 0.3 is 0 Å². The minimum Gasteiger partial charge on any atom is -0.388 e. The maximum absolute atomic E-state index is 10.8. The van der Waals surface area contributed by atoms with Crippen LogP contribution in [0.5, 0.6) is 0 Å². The molecule has 0 aliphatic carbocycles. The lowest BCUT2D eigenvalue weighted by atomic mass is 9.91. The van der Waals surface area contributed by atoms with Crippen molar-refractivity contribution in [1.29, 1.82) is 0 Å². The lowest BCUT2D eigenvalue weighted by Gasteiger charge is -2.18. The number of hydrogen-bond acceptors (Lipinski definition) is 1. The standard InChI is InChI=1S/C20H20O/c1-14-7-3-4-9-17(14)13-19(21)20-15(2)11-12-16-8-5-6-10-18(16)20/h3-12,19,21H,13H2,1-2H3. The van der Waals surface area contributed by atoms with Crippen LogP contribution in [0.15, 0.2) is 60.7 Å². The molecule has 0 aromatic heterocycles. The summed E-state index contributed by atoms with van der Waals surface area (Å²) < 4.78 is 0. The van der Waals surface area contributed by atoms with Crippen LogP contribution in [0.2, 0.25) is 0 Å². The van der Waals surface area contributed by atoms with Gasteiger partial charge < -0.3 is 5.11 Å². The minimum atomic E-state index is -0.475. The van der Waals surface area contributed by atoms with E-state index < -0.39 is 6.10 Å². The lowest BCUT2D eigenvalue weighted by Crippen LogP contribution is -2.06. The molecule has 0 spiro atoms. The van der Waals surface area contributed by atoms with Gasteiger partial charge in [0.1, 0.15) is 0 Å². The molecule has 0 fully saturated rings. The monoisotopic (exact) mass is 276 g/mol. The normalized spacial score (nSPS) is 12.5. The van der Waals surface area contributed by atoms with E-state index >= 15 is 0 Å². The molecule has 3 aromatic rings. The van der Waals surface area contributed by atoms with Crippen molar-refractivity contribution in [3.05, 3.63) is 82.9 Å². The second-order valence-electron chi connectivity index (χ2n) is 5.66. The summed E-state index contributed by atoms with van der Waals surface area (Å²) in [4.78, 5) is 0.